The maximum absolute atomic E-state index is 12.2. The third-order valence-electron chi connectivity index (χ3n) is 4.42. The fourth-order valence-corrected chi connectivity index (χ4v) is 3.99. The number of nitrogens with one attached hydrogen (secondary N) is 2. The number of amides is 2. The zero-order valence-electron chi connectivity index (χ0n) is 14.9. The maximum atomic E-state index is 12.2. The van der Waals surface area contributed by atoms with E-state index < -0.39 is 0 Å². The van der Waals surface area contributed by atoms with Crippen LogP contribution >= 0.6 is 11.3 Å². The minimum atomic E-state index is -0.287. The predicted octanol–water partition coefficient (Wildman–Crippen LogP) is 3.00. The van der Waals surface area contributed by atoms with E-state index in [-0.39, 0.29) is 24.3 Å². The first-order valence-electron chi connectivity index (χ1n) is 8.93. The molecule has 5 nitrogen and oxygen atoms in total. The van der Waals surface area contributed by atoms with Gasteiger partial charge in [-0.15, -0.1) is 11.3 Å². The third-order valence-corrected chi connectivity index (χ3v) is 5.40. The number of carbonyl (C=O) groups is 2. The summed E-state index contributed by atoms with van der Waals surface area (Å²) in [5.74, 6) is 0.612. The highest BCUT2D eigenvalue weighted by atomic mass is 32.1. The zero-order chi connectivity index (χ0) is 18.4. The van der Waals surface area contributed by atoms with Crippen LogP contribution in [0.2, 0.25) is 0 Å². The van der Waals surface area contributed by atoms with Gasteiger partial charge in [0.25, 0.3) is 0 Å². The van der Waals surface area contributed by atoms with Crippen molar-refractivity contribution >= 4 is 23.2 Å². The molecule has 1 aromatic heterocycles. The van der Waals surface area contributed by atoms with Crippen molar-refractivity contribution in [3.8, 4) is 5.75 Å². The summed E-state index contributed by atoms with van der Waals surface area (Å²) in [6, 6.07) is 9.79. The lowest BCUT2D eigenvalue weighted by Gasteiger charge is -2.16. The van der Waals surface area contributed by atoms with Crippen LogP contribution in [0.25, 0.3) is 0 Å². The molecule has 1 heterocycles. The van der Waals surface area contributed by atoms with E-state index in [1.165, 1.54) is 35.8 Å². The zero-order valence-corrected chi connectivity index (χ0v) is 15.7. The Balaban J connectivity index is 1.42. The monoisotopic (exact) mass is 372 g/mol. The van der Waals surface area contributed by atoms with E-state index in [1.54, 1.807) is 0 Å². The van der Waals surface area contributed by atoms with E-state index in [0.29, 0.717) is 13.2 Å². The average molecular weight is 372 g/mol. The van der Waals surface area contributed by atoms with Crippen LogP contribution in [0.5, 0.6) is 5.75 Å². The second kappa shape index (κ2) is 8.85. The van der Waals surface area contributed by atoms with Gasteiger partial charge in [0.15, 0.2) is 0 Å². The number of fused-ring (bicyclic) bond motifs is 1. The Morgan fingerprint density at radius 1 is 1.23 bits per heavy atom. The Hall–Kier alpha value is -2.34. The summed E-state index contributed by atoms with van der Waals surface area (Å²) in [6.07, 6.45) is 3.72. The molecule has 1 aliphatic rings. The van der Waals surface area contributed by atoms with Crippen molar-refractivity contribution < 1.29 is 14.3 Å². The van der Waals surface area contributed by atoms with E-state index in [0.717, 1.165) is 23.5 Å². The molecule has 1 aliphatic carbocycles. The number of benzene rings is 1. The van der Waals surface area contributed by atoms with Crippen molar-refractivity contribution in [2.75, 3.05) is 13.2 Å². The second-order valence-electron chi connectivity index (χ2n) is 6.46. The molecule has 0 radical (unpaired) electrons. The number of carbonyl (C=O) groups excluding carboxylic acids is 2. The van der Waals surface area contributed by atoms with Gasteiger partial charge >= 0.3 is 0 Å². The van der Waals surface area contributed by atoms with Gasteiger partial charge < -0.3 is 15.4 Å². The first kappa shape index (κ1) is 18.5. The van der Waals surface area contributed by atoms with Crippen LogP contribution in [0, 0.1) is 0 Å². The van der Waals surface area contributed by atoms with Crippen LogP contribution < -0.4 is 15.4 Å². The first-order chi connectivity index (χ1) is 12.6. The number of ether oxygens (including phenoxy) is 1. The molecule has 0 saturated heterocycles. The maximum Gasteiger partial charge on any atom is 0.222 e. The number of hydrogen-bond acceptors (Lipinski definition) is 4. The van der Waals surface area contributed by atoms with Crippen LogP contribution in [-0.2, 0) is 22.4 Å². The standard InChI is InChI=1S/C20H24N2O3S/c1-14(23)22-18(19-6-3-11-26-19)13-20(24)21-9-10-25-17-8-7-15-4-2-5-16(15)12-17/h3,6-8,11-12,18H,2,4-5,9-10,13H2,1H3,(H,21,24)(H,22,23). The molecule has 1 atom stereocenters. The Bertz CT molecular complexity index is 758. The molecular formula is C20H24N2O3S. The quantitative estimate of drug-likeness (QED) is 0.700. The lowest BCUT2D eigenvalue weighted by Crippen LogP contribution is -2.34. The molecule has 2 aromatic rings. The van der Waals surface area contributed by atoms with Crippen molar-refractivity contribution in [2.45, 2.75) is 38.6 Å². The fraction of sp³-hybridized carbons (Fsp3) is 0.400. The van der Waals surface area contributed by atoms with Crippen molar-refractivity contribution in [3.05, 3.63) is 51.7 Å². The van der Waals surface area contributed by atoms with Crippen LogP contribution in [0.1, 0.15) is 41.8 Å². The number of thiophene rings is 1. The molecule has 3 rings (SSSR count). The number of hydrogen-bond donors (Lipinski definition) is 2. The Labute approximate surface area is 157 Å². The summed E-state index contributed by atoms with van der Waals surface area (Å²) >= 11 is 1.53. The van der Waals surface area contributed by atoms with E-state index in [4.69, 9.17) is 4.74 Å². The summed E-state index contributed by atoms with van der Waals surface area (Å²) in [7, 11) is 0. The smallest absolute Gasteiger partial charge is 0.222 e. The van der Waals surface area contributed by atoms with Gasteiger partial charge in [0.05, 0.1) is 19.0 Å². The van der Waals surface area contributed by atoms with Crippen LogP contribution in [-0.4, -0.2) is 25.0 Å². The van der Waals surface area contributed by atoms with Crippen molar-refractivity contribution in [3.63, 3.8) is 0 Å². The summed E-state index contributed by atoms with van der Waals surface area (Å²) in [5, 5.41) is 7.63. The Kier molecular flexibility index (Phi) is 6.28. The minimum absolute atomic E-state index is 0.102. The third kappa shape index (κ3) is 5.08. The summed E-state index contributed by atoms with van der Waals surface area (Å²) < 4.78 is 5.74. The van der Waals surface area contributed by atoms with Gasteiger partial charge in [-0.2, -0.15) is 0 Å². The van der Waals surface area contributed by atoms with Gasteiger partial charge in [-0.3, -0.25) is 9.59 Å². The summed E-state index contributed by atoms with van der Waals surface area (Å²) in [5.41, 5.74) is 2.80. The Morgan fingerprint density at radius 2 is 2.08 bits per heavy atom. The Morgan fingerprint density at radius 3 is 2.85 bits per heavy atom. The lowest BCUT2D eigenvalue weighted by molar-refractivity contribution is -0.122. The molecule has 2 N–H and O–H groups in total. The van der Waals surface area contributed by atoms with Gasteiger partial charge in [-0.1, -0.05) is 12.1 Å². The molecule has 2 amide bonds. The van der Waals surface area contributed by atoms with E-state index in [1.807, 2.05) is 23.6 Å². The highest BCUT2D eigenvalue weighted by molar-refractivity contribution is 7.10. The number of rotatable bonds is 8. The molecule has 1 aromatic carbocycles. The van der Waals surface area contributed by atoms with Gasteiger partial charge in [0.1, 0.15) is 12.4 Å². The SMILES string of the molecule is CC(=O)NC(CC(=O)NCCOc1ccc2c(c1)CCC2)c1cccs1. The fourth-order valence-electron chi connectivity index (χ4n) is 3.21. The normalized spacial score (nSPS) is 13.7. The first-order valence-corrected chi connectivity index (χ1v) is 9.81. The van der Waals surface area contributed by atoms with Gasteiger partial charge in [-0.25, -0.2) is 0 Å². The molecule has 0 saturated carbocycles. The molecule has 0 fully saturated rings. The van der Waals surface area contributed by atoms with Crippen LogP contribution in [0.15, 0.2) is 35.7 Å². The summed E-state index contributed by atoms with van der Waals surface area (Å²) in [4.78, 5) is 24.5. The molecule has 6 heteroatoms. The van der Waals surface area contributed by atoms with Crippen molar-refractivity contribution in [1.29, 1.82) is 0 Å². The molecule has 0 bridgehead atoms. The lowest BCUT2D eigenvalue weighted by atomic mass is 10.1. The molecule has 26 heavy (non-hydrogen) atoms. The summed E-state index contributed by atoms with van der Waals surface area (Å²) in [6.45, 7) is 2.32. The topological polar surface area (TPSA) is 67.4 Å². The van der Waals surface area contributed by atoms with Crippen molar-refractivity contribution in [2.24, 2.45) is 0 Å². The van der Waals surface area contributed by atoms with E-state index in [9.17, 15) is 9.59 Å². The second-order valence-corrected chi connectivity index (χ2v) is 7.43. The van der Waals surface area contributed by atoms with Crippen molar-refractivity contribution in [1.82, 2.24) is 10.6 Å². The van der Waals surface area contributed by atoms with E-state index in [2.05, 4.69) is 22.8 Å². The van der Waals surface area contributed by atoms with Gasteiger partial charge in [-0.05, 0) is 54.0 Å². The van der Waals surface area contributed by atoms with Crippen LogP contribution in [0.3, 0.4) is 0 Å². The molecule has 0 spiro atoms. The molecule has 1 unspecified atom stereocenters. The largest absolute Gasteiger partial charge is 0.492 e. The minimum Gasteiger partial charge on any atom is -0.492 e. The highest BCUT2D eigenvalue weighted by Gasteiger charge is 2.18. The molecule has 138 valence electrons. The van der Waals surface area contributed by atoms with Crippen LogP contribution in [0.4, 0.5) is 0 Å². The van der Waals surface area contributed by atoms with Gasteiger partial charge in [0, 0.05) is 11.8 Å². The van der Waals surface area contributed by atoms with E-state index >= 15 is 0 Å². The highest BCUT2D eigenvalue weighted by Crippen LogP contribution is 2.26. The molecular weight excluding hydrogens is 348 g/mol. The predicted molar refractivity (Wildman–Crippen MR) is 102 cm³/mol. The number of aryl methyl sites for hydroxylation is 2. The van der Waals surface area contributed by atoms with Gasteiger partial charge in [0.2, 0.25) is 11.8 Å². The molecule has 0 aliphatic heterocycles. The average Bonchev–Trinajstić information content (AvgIpc) is 3.28.